The molecule has 1 aromatic rings. The largest absolute Gasteiger partial charge is 0.465 e. The van der Waals surface area contributed by atoms with E-state index in [1.807, 2.05) is 39.0 Å². The summed E-state index contributed by atoms with van der Waals surface area (Å²) in [7, 11) is 0. The molecule has 1 aromatic carbocycles. The van der Waals surface area contributed by atoms with Gasteiger partial charge in [0.25, 0.3) is 0 Å². The van der Waals surface area contributed by atoms with Crippen molar-refractivity contribution >= 4 is 12.1 Å². The van der Waals surface area contributed by atoms with Crippen molar-refractivity contribution in [3.8, 4) is 0 Å². The molecular formula is C20H30N2O4. The maximum Gasteiger partial charge on any atom is 0.410 e. The number of piperazine rings is 1. The molecule has 0 aromatic heterocycles. The van der Waals surface area contributed by atoms with E-state index in [0.29, 0.717) is 26.2 Å². The van der Waals surface area contributed by atoms with Gasteiger partial charge in [0.05, 0.1) is 13.2 Å². The monoisotopic (exact) mass is 362 g/mol. The lowest BCUT2D eigenvalue weighted by atomic mass is 10.1. The number of nitrogens with zero attached hydrogens (tertiary/aromatic N) is 2. The van der Waals surface area contributed by atoms with Gasteiger partial charge < -0.3 is 14.4 Å². The van der Waals surface area contributed by atoms with E-state index in [9.17, 15) is 9.59 Å². The first kappa shape index (κ1) is 20.2. The topological polar surface area (TPSA) is 59.1 Å². The van der Waals surface area contributed by atoms with Crippen molar-refractivity contribution in [2.24, 2.45) is 0 Å². The molecule has 1 unspecified atom stereocenters. The Hall–Kier alpha value is -2.08. The van der Waals surface area contributed by atoms with Gasteiger partial charge in [0, 0.05) is 19.6 Å². The van der Waals surface area contributed by atoms with Gasteiger partial charge in [-0.2, -0.15) is 0 Å². The summed E-state index contributed by atoms with van der Waals surface area (Å²) in [6, 6.07) is 9.72. The molecule has 2 rings (SSSR count). The molecule has 0 N–H and O–H groups in total. The average Bonchev–Trinajstić information content (AvgIpc) is 2.59. The molecule has 1 heterocycles. The number of amides is 1. The minimum Gasteiger partial charge on any atom is -0.465 e. The molecule has 1 aliphatic heterocycles. The van der Waals surface area contributed by atoms with Crippen LogP contribution in [0.5, 0.6) is 0 Å². The lowest BCUT2D eigenvalue weighted by Gasteiger charge is -2.40. The van der Waals surface area contributed by atoms with Crippen molar-refractivity contribution < 1.29 is 19.1 Å². The Morgan fingerprint density at radius 2 is 1.85 bits per heavy atom. The first-order valence-corrected chi connectivity index (χ1v) is 9.22. The molecule has 1 amide bonds. The summed E-state index contributed by atoms with van der Waals surface area (Å²) in [5, 5.41) is 0. The van der Waals surface area contributed by atoms with Gasteiger partial charge in [-0.15, -0.1) is 0 Å². The highest BCUT2D eigenvalue weighted by Gasteiger charge is 2.36. The van der Waals surface area contributed by atoms with E-state index in [1.54, 1.807) is 11.8 Å². The van der Waals surface area contributed by atoms with E-state index >= 15 is 0 Å². The number of hydrogen-bond acceptors (Lipinski definition) is 5. The van der Waals surface area contributed by atoms with E-state index in [-0.39, 0.29) is 12.1 Å². The van der Waals surface area contributed by atoms with E-state index < -0.39 is 11.6 Å². The minimum atomic E-state index is -0.555. The fraction of sp³-hybridized carbons (Fsp3) is 0.600. The maximum atomic E-state index is 12.4. The number of hydrogen-bond donors (Lipinski definition) is 0. The van der Waals surface area contributed by atoms with Crippen LogP contribution in [0.25, 0.3) is 0 Å². The van der Waals surface area contributed by atoms with E-state index in [4.69, 9.17) is 9.47 Å². The molecule has 26 heavy (non-hydrogen) atoms. The highest BCUT2D eigenvalue weighted by molar-refractivity contribution is 5.78. The van der Waals surface area contributed by atoms with Gasteiger partial charge in [0.15, 0.2) is 0 Å². The minimum absolute atomic E-state index is 0.283. The third kappa shape index (κ3) is 6.02. The van der Waals surface area contributed by atoms with Crippen molar-refractivity contribution in [1.29, 1.82) is 0 Å². The lowest BCUT2D eigenvalue weighted by Crippen LogP contribution is -2.59. The second-order valence-corrected chi connectivity index (χ2v) is 7.47. The van der Waals surface area contributed by atoms with Gasteiger partial charge in [0.1, 0.15) is 11.6 Å². The van der Waals surface area contributed by atoms with Crippen LogP contribution in [0.3, 0.4) is 0 Å². The van der Waals surface area contributed by atoms with Gasteiger partial charge in [0.2, 0.25) is 0 Å². The van der Waals surface area contributed by atoms with Crippen molar-refractivity contribution in [3.05, 3.63) is 35.9 Å². The van der Waals surface area contributed by atoms with Crippen LogP contribution in [0.2, 0.25) is 0 Å². The van der Waals surface area contributed by atoms with Gasteiger partial charge in [-0.1, -0.05) is 30.3 Å². The Labute approximate surface area is 156 Å². The van der Waals surface area contributed by atoms with E-state index in [1.165, 1.54) is 5.56 Å². The molecule has 0 spiro atoms. The first-order valence-electron chi connectivity index (χ1n) is 9.22. The predicted octanol–water partition coefficient (Wildman–Crippen LogP) is 2.71. The molecule has 1 saturated heterocycles. The van der Waals surface area contributed by atoms with Gasteiger partial charge in [-0.05, 0) is 39.7 Å². The zero-order valence-electron chi connectivity index (χ0n) is 16.2. The summed E-state index contributed by atoms with van der Waals surface area (Å²) < 4.78 is 10.7. The normalized spacial score (nSPS) is 18.5. The number of rotatable bonds is 5. The molecular weight excluding hydrogens is 332 g/mol. The van der Waals surface area contributed by atoms with Crippen molar-refractivity contribution in [2.45, 2.75) is 45.8 Å². The number of benzene rings is 1. The summed E-state index contributed by atoms with van der Waals surface area (Å²) in [6.45, 7) is 9.83. The van der Waals surface area contributed by atoms with E-state index in [2.05, 4.69) is 17.0 Å². The Kier molecular flexibility index (Phi) is 7.03. The molecule has 6 nitrogen and oxygen atoms in total. The quantitative estimate of drug-likeness (QED) is 0.754. The van der Waals surface area contributed by atoms with Crippen LogP contribution in [0.15, 0.2) is 30.3 Å². The number of carbonyl (C=O) groups excluding carboxylic acids is 2. The van der Waals surface area contributed by atoms with E-state index in [0.717, 1.165) is 13.0 Å². The smallest absolute Gasteiger partial charge is 0.410 e. The molecule has 1 atom stereocenters. The van der Waals surface area contributed by atoms with Gasteiger partial charge in [-0.3, -0.25) is 9.69 Å². The SMILES string of the molecule is CCOC(=O)C1CN(C(=O)OC(C)(C)C)CCN1CCc1ccccc1. The molecule has 144 valence electrons. The highest BCUT2D eigenvalue weighted by Crippen LogP contribution is 2.17. The molecule has 6 heteroatoms. The summed E-state index contributed by atoms with van der Waals surface area (Å²) in [5.74, 6) is -0.283. The molecule has 0 saturated carbocycles. The van der Waals surface area contributed by atoms with Crippen LogP contribution < -0.4 is 0 Å². The van der Waals surface area contributed by atoms with Gasteiger partial charge in [-0.25, -0.2) is 4.79 Å². The average molecular weight is 362 g/mol. The highest BCUT2D eigenvalue weighted by atomic mass is 16.6. The Morgan fingerprint density at radius 3 is 2.46 bits per heavy atom. The zero-order valence-corrected chi connectivity index (χ0v) is 16.2. The fourth-order valence-corrected chi connectivity index (χ4v) is 2.96. The standard InChI is InChI=1S/C20H30N2O4/c1-5-25-18(23)17-15-22(19(24)26-20(2,3)4)14-13-21(17)12-11-16-9-7-6-8-10-16/h6-10,17H,5,11-15H2,1-4H3. The third-order valence-electron chi connectivity index (χ3n) is 4.23. The second-order valence-electron chi connectivity index (χ2n) is 7.47. The fourth-order valence-electron chi connectivity index (χ4n) is 2.96. The van der Waals surface area contributed by atoms with Crippen LogP contribution in [0.4, 0.5) is 4.79 Å². The van der Waals surface area contributed by atoms with Crippen molar-refractivity contribution in [2.75, 3.05) is 32.8 Å². The Morgan fingerprint density at radius 1 is 1.15 bits per heavy atom. The molecule has 0 bridgehead atoms. The number of carbonyl (C=O) groups is 2. The third-order valence-corrected chi connectivity index (χ3v) is 4.23. The second kappa shape index (κ2) is 9.03. The maximum absolute atomic E-state index is 12.4. The summed E-state index contributed by atoms with van der Waals surface area (Å²) in [5.41, 5.74) is 0.672. The van der Waals surface area contributed by atoms with Crippen LogP contribution in [-0.4, -0.2) is 66.3 Å². The summed E-state index contributed by atoms with van der Waals surface area (Å²) in [4.78, 5) is 28.5. The van der Waals surface area contributed by atoms with Crippen LogP contribution >= 0.6 is 0 Å². The first-order chi connectivity index (χ1) is 12.3. The molecule has 1 fully saturated rings. The molecule has 0 aliphatic carbocycles. The zero-order chi connectivity index (χ0) is 19.2. The summed E-state index contributed by atoms with van der Waals surface area (Å²) >= 11 is 0. The van der Waals surface area contributed by atoms with Gasteiger partial charge >= 0.3 is 12.1 Å². The van der Waals surface area contributed by atoms with Crippen LogP contribution in [0.1, 0.15) is 33.3 Å². The van der Waals surface area contributed by atoms with Crippen molar-refractivity contribution in [3.63, 3.8) is 0 Å². The predicted molar refractivity (Wildman–Crippen MR) is 99.9 cm³/mol. The van der Waals surface area contributed by atoms with Crippen LogP contribution in [-0.2, 0) is 20.7 Å². The van der Waals surface area contributed by atoms with Crippen molar-refractivity contribution in [1.82, 2.24) is 9.80 Å². The number of ether oxygens (including phenoxy) is 2. The summed E-state index contributed by atoms with van der Waals surface area (Å²) in [6.07, 6.45) is 0.470. The Balaban J connectivity index is 2.02. The number of esters is 1. The molecule has 0 radical (unpaired) electrons. The molecule has 1 aliphatic rings. The van der Waals surface area contributed by atoms with Crippen LogP contribution in [0, 0.1) is 0 Å². The Bertz CT molecular complexity index is 598. The lowest BCUT2D eigenvalue weighted by molar-refractivity contribution is -0.151.